The third kappa shape index (κ3) is 3.41. The summed E-state index contributed by atoms with van der Waals surface area (Å²) in [6.45, 7) is 0.480. The van der Waals surface area contributed by atoms with Gasteiger partial charge in [0.05, 0.1) is 16.2 Å². The number of benzene rings is 1. The average Bonchev–Trinajstić information content (AvgIpc) is 2.78. The van der Waals surface area contributed by atoms with E-state index in [4.69, 9.17) is 0 Å². The number of nitrogens with one attached hydrogen (secondary N) is 1. The molecule has 0 spiro atoms. The molecule has 4 nitrogen and oxygen atoms in total. The van der Waals surface area contributed by atoms with E-state index < -0.39 is 5.82 Å². The van der Waals surface area contributed by atoms with Gasteiger partial charge >= 0.3 is 0 Å². The van der Waals surface area contributed by atoms with Crippen LogP contribution < -0.4 is 5.32 Å². The van der Waals surface area contributed by atoms with Crippen LogP contribution in [0.1, 0.15) is 15.9 Å². The van der Waals surface area contributed by atoms with Crippen molar-refractivity contribution in [2.75, 3.05) is 6.54 Å². The molecule has 0 bridgehead atoms. The van der Waals surface area contributed by atoms with Crippen LogP contribution in [0.25, 0.3) is 0 Å². The first-order valence-electron chi connectivity index (χ1n) is 5.77. The van der Waals surface area contributed by atoms with Crippen LogP contribution in [0.3, 0.4) is 0 Å². The summed E-state index contributed by atoms with van der Waals surface area (Å²) in [4.78, 5) is 11.9. The standard InChI is InChI=1S/C13H13BrFN3O/c1-18-8-9(7-17-18)5-6-16-13(19)10-3-2-4-11(15)12(10)14/h2-4,7-8H,5-6H2,1H3,(H,16,19). The van der Waals surface area contributed by atoms with Gasteiger partial charge in [0, 0.05) is 19.8 Å². The van der Waals surface area contributed by atoms with Crippen LogP contribution in [0.5, 0.6) is 0 Å². The Morgan fingerprint density at radius 1 is 1.53 bits per heavy atom. The molecule has 0 aliphatic rings. The highest BCUT2D eigenvalue weighted by molar-refractivity contribution is 9.10. The molecule has 0 fully saturated rings. The van der Waals surface area contributed by atoms with Gasteiger partial charge in [-0.05, 0) is 40.0 Å². The Morgan fingerprint density at radius 3 is 3.00 bits per heavy atom. The molecular formula is C13H13BrFN3O. The second-order valence-corrected chi connectivity index (χ2v) is 4.92. The fourth-order valence-corrected chi connectivity index (χ4v) is 2.14. The highest BCUT2D eigenvalue weighted by Gasteiger charge is 2.12. The maximum atomic E-state index is 13.3. The van der Waals surface area contributed by atoms with E-state index in [9.17, 15) is 9.18 Å². The topological polar surface area (TPSA) is 46.9 Å². The zero-order valence-corrected chi connectivity index (χ0v) is 11.9. The van der Waals surface area contributed by atoms with Gasteiger partial charge in [-0.15, -0.1) is 0 Å². The number of aryl methyl sites for hydroxylation is 1. The van der Waals surface area contributed by atoms with Gasteiger partial charge in [-0.1, -0.05) is 6.07 Å². The third-order valence-electron chi connectivity index (χ3n) is 2.65. The highest BCUT2D eigenvalue weighted by atomic mass is 79.9. The van der Waals surface area contributed by atoms with Crippen LogP contribution in [-0.4, -0.2) is 22.2 Å². The number of halogens is 2. The van der Waals surface area contributed by atoms with Gasteiger partial charge in [0.15, 0.2) is 0 Å². The molecule has 0 aliphatic carbocycles. The molecule has 0 aliphatic heterocycles. The zero-order chi connectivity index (χ0) is 13.8. The zero-order valence-electron chi connectivity index (χ0n) is 10.4. The Balaban J connectivity index is 1.93. The van der Waals surface area contributed by atoms with Crippen LogP contribution in [0.15, 0.2) is 35.1 Å². The molecule has 1 amide bonds. The van der Waals surface area contributed by atoms with Gasteiger partial charge in [-0.2, -0.15) is 5.10 Å². The summed E-state index contributed by atoms with van der Waals surface area (Å²) >= 11 is 3.07. The van der Waals surface area contributed by atoms with Gasteiger partial charge in [0.2, 0.25) is 0 Å². The molecule has 1 heterocycles. The third-order valence-corrected chi connectivity index (χ3v) is 3.46. The quantitative estimate of drug-likeness (QED) is 0.937. The molecule has 0 radical (unpaired) electrons. The maximum absolute atomic E-state index is 13.3. The number of aromatic nitrogens is 2. The van der Waals surface area contributed by atoms with Crippen LogP contribution in [0, 0.1) is 5.82 Å². The maximum Gasteiger partial charge on any atom is 0.252 e. The minimum atomic E-state index is -0.445. The lowest BCUT2D eigenvalue weighted by Gasteiger charge is -2.06. The van der Waals surface area contributed by atoms with Crippen molar-refractivity contribution in [1.29, 1.82) is 0 Å². The Kier molecular flexibility index (Phi) is 4.31. The molecule has 1 N–H and O–H groups in total. The number of hydrogen-bond donors (Lipinski definition) is 1. The van der Waals surface area contributed by atoms with E-state index in [1.807, 2.05) is 13.2 Å². The molecule has 2 aromatic rings. The number of nitrogens with zero attached hydrogens (tertiary/aromatic N) is 2. The van der Waals surface area contributed by atoms with Crippen molar-refractivity contribution in [2.24, 2.45) is 7.05 Å². The van der Waals surface area contributed by atoms with Crippen molar-refractivity contribution in [1.82, 2.24) is 15.1 Å². The summed E-state index contributed by atoms with van der Waals surface area (Å²) in [6, 6.07) is 4.39. The van der Waals surface area contributed by atoms with Crippen LogP contribution >= 0.6 is 15.9 Å². The smallest absolute Gasteiger partial charge is 0.252 e. The van der Waals surface area contributed by atoms with E-state index >= 15 is 0 Å². The number of rotatable bonds is 4. The summed E-state index contributed by atoms with van der Waals surface area (Å²) in [5.41, 5.74) is 1.34. The second kappa shape index (κ2) is 5.97. The van der Waals surface area contributed by atoms with Crippen LogP contribution in [-0.2, 0) is 13.5 Å². The Hall–Kier alpha value is -1.69. The van der Waals surface area contributed by atoms with Gasteiger partial charge in [0.1, 0.15) is 5.82 Å². The van der Waals surface area contributed by atoms with E-state index in [1.165, 1.54) is 12.1 Å². The Bertz CT molecular complexity index is 597. The molecule has 0 unspecified atom stereocenters. The van der Waals surface area contributed by atoms with Crippen LogP contribution in [0.2, 0.25) is 0 Å². The first kappa shape index (κ1) is 13.7. The van der Waals surface area contributed by atoms with Crippen molar-refractivity contribution < 1.29 is 9.18 Å². The predicted octanol–water partition coefficient (Wildman–Crippen LogP) is 2.29. The fraction of sp³-hybridized carbons (Fsp3) is 0.231. The molecule has 19 heavy (non-hydrogen) atoms. The molecule has 0 saturated carbocycles. The van der Waals surface area contributed by atoms with Crippen molar-refractivity contribution in [2.45, 2.75) is 6.42 Å². The predicted molar refractivity (Wildman–Crippen MR) is 73.3 cm³/mol. The van der Waals surface area contributed by atoms with Crippen molar-refractivity contribution in [3.05, 3.63) is 52.0 Å². The van der Waals surface area contributed by atoms with Crippen molar-refractivity contribution in [3.8, 4) is 0 Å². The summed E-state index contributed by atoms with van der Waals surface area (Å²) in [6.07, 6.45) is 4.33. The summed E-state index contributed by atoms with van der Waals surface area (Å²) in [5.74, 6) is -0.741. The molecule has 2 rings (SSSR count). The normalized spacial score (nSPS) is 10.5. The summed E-state index contributed by atoms with van der Waals surface area (Å²) in [5, 5.41) is 6.80. The van der Waals surface area contributed by atoms with E-state index in [-0.39, 0.29) is 10.4 Å². The van der Waals surface area contributed by atoms with Gasteiger partial charge in [0.25, 0.3) is 5.91 Å². The van der Waals surface area contributed by atoms with Gasteiger partial charge < -0.3 is 5.32 Å². The largest absolute Gasteiger partial charge is 0.352 e. The van der Waals surface area contributed by atoms with Crippen molar-refractivity contribution >= 4 is 21.8 Å². The molecule has 0 atom stereocenters. The number of hydrogen-bond acceptors (Lipinski definition) is 2. The summed E-state index contributed by atoms with van der Waals surface area (Å²) in [7, 11) is 1.84. The van der Waals surface area contributed by atoms with E-state index in [2.05, 4.69) is 26.3 Å². The van der Waals surface area contributed by atoms with E-state index in [0.29, 0.717) is 18.5 Å². The lowest BCUT2D eigenvalue weighted by molar-refractivity contribution is 0.0953. The highest BCUT2D eigenvalue weighted by Crippen LogP contribution is 2.20. The molecule has 100 valence electrons. The lowest BCUT2D eigenvalue weighted by atomic mass is 10.2. The number of carbonyl (C=O) groups excluding carboxylic acids is 1. The minimum Gasteiger partial charge on any atom is -0.352 e. The molecular weight excluding hydrogens is 313 g/mol. The Labute approximate surface area is 118 Å². The minimum absolute atomic E-state index is 0.189. The number of amides is 1. The first-order valence-corrected chi connectivity index (χ1v) is 6.57. The van der Waals surface area contributed by atoms with Gasteiger partial charge in [-0.3, -0.25) is 9.48 Å². The molecule has 0 saturated heterocycles. The lowest BCUT2D eigenvalue weighted by Crippen LogP contribution is -2.26. The van der Waals surface area contributed by atoms with E-state index in [1.54, 1.807) is 16.9 Å². The Morgan fingerprint density at radius 2 is 2.32 bits per heavy atom. The van der Waals surface area contributed by atoms with Crippen LogP contribution in [0.4, 0.5) is 4.39 Å². The van der Waals surface area contributed by atoms with Crippen molar-refractivity contribution in [3.63, 3.8) is 0 Å². The molecule has 1 aromatic heterocycles. The fourth-order valence-electron chi connectivity index (χ4n) is 1.70. The monoisotopic (exact) mass is 325 g/mol. The average molecular weight is 326 g/mol. The first-order chi connectivity index (χ1) is 9.08. The number of carbonyl (C=O) groups is 1. The molecule has 1 aromatic carbocycles. The second-order valence-electron chi connectivity index (χ2n) is 4.13. The SMILES string of the molecule is Cn1cc(CCNC(=O)c2cccc(F)c2Br)cn1. The van der Waals surface area contributed by atoms with Gasteiger partial charge in [-0.25, -0.2) is 4.39 Å². The summed E-state index contributed by atoms with van der Waals surface area (Å²) < 4.78 is 15.2. The van der Waals surface area contributed by atoms with E-state index in [0.717, 1.165) is 5.56 Å². The molecule has 6 heteroatoms.